The van der Waals surface area contributed by atoms with Crippen molar-refractivity contribution in [2.45, 2.75) is 17.9 Å². The fraction of sp³-hybridized carbons (Fsp3) is 0.0833. The van der Waals surface area contributed by atoms with Crippen LogP contribution in [0.15, 0.2) is 95.9 Å². The number of benzene rings is 4. The van der Waals surface area contributed by atoms with E-state index in [1.54, 1.807) is 30.3 Å². The second-order valence-electron chi connectivity index (χ2n) is 7.00. The van der Waals surface area contributed by atoms with Crippen molar-refractivity contribution in [3.8, 4) is 5.75 Å². The van der Waals surface area contributed by atoms with E-state index in [1.165, 1.54) is 0 Å². The van der Waals surface area contributed by atoms with Gasteiger partial charge in [-0.05, 0) is 41.5 Å². The first kappa shape index (κ1) is 19.2. The third-order valence-corrected chi connectivity index (χ3v) is 6.41. The highest BCUT2D eigenvalue weighted by Crippen LogP contribution is 2.36. The van der Waals surface area contributed by atoms with Crippen LogP contribution in [-0.4, -0.2) is 13.5 Å². The van der Waals surface area contributed by atoms with E-state index in [0.29, 0.717) is 5.56 Å². The van der Waals surface area contributed by atoms with Crippen molar-refractivity contribution < 1.29 is 13.5 Å². The maximum absolute atomic E-state index is 13.2. The van der Waals surface area contributed by atoms with Gasteiger partial charge in [-0.2, -0.15) is 4.72 Å². The third-order valence-electron chi connectivity index (χ3n) is 4.97. The molecule has 2 N–H and O–H groups in total. The molecule has 0 radical (unpaired) electrons. The Bertz CT molecular complexity index is 1250. The van der Waals surface area contributed by atoms with Crippen LogP contribution in [0.4, 0.5) is 0 Å². The number of sulfonamides is 1. The van der Waals surface area contributed by atoms with Gasteiger partial charge in [-0.15, -0.1) is 0 Å². The predicted molar refractivity (Wildman–Crippen MR) is 115 cm³/mol. The van der Waals surface area contributed by atoms with E-state index >= 15 is 0 Å². The van der Waals surface area contributed by atoms with Crippen molar-refractivity contribution in [3.05, 3.63) is 108 Å². The highest BCUT2D eigenvalue weighted by molar-refractivity contribution is 7.89. The second kappa shape index (κ2) is 7.70. The second-order valence-corrected chi connectivity index (χ2v) is 8.71. The highest BCUT2D eigenvalue weighted by atomic mass is 32.2. The zero-order valence-corrected chi connectivity index (χ0v) is 16.7. The van der Waals surface area contributed by atoms with Crippen LogP contribution in [-0.2, 0) is 10.0 Å². The summed E-state index contributed by atoms with van der Waals surface area (Å²) in [7, 11) is -3.82. The third kappa shape index (κ3) is 3.88. The van der Waals surface area contributed by atoms with Gasteiger partial charge in [0.2, 0.25) is 10.0 Å². The molecule has 5 heteroatoms. The summed E-state index contributed by atoms with van der Waals surface area (Å²) in [6.45, 7) is 1.91. The average molecular weight is 404 g/mol. The molecule has 0 amide bonds. The summed E-state index contributed by atoms with van der Waals surface area (Å²) >= 11 is 0. The Morgan fingerprint density at radius 3 is 2.17 bits per heavy atom. The molecule has 0 unspecified atom stereocenters. The fourth-order valence-electron chi connectivity index (χ4n) is 3.47. The Hall–Kier alpha value is -3.15. The van der Waals surface area contributed by atoms with E-state index in [4.69, 9.17) is 0 Å². The molecule has 4 aromatic rings. The van der Waals surface area contributed by atoms with Crippen molar-refractivity contribution in [3.63, 3.8) is 0 Å². The molecule has 0 heterocycles. The van der Waals surface area contributed by atoms with Crippen LogP contribution in [0.1, 0.15) is 22.7 Å². The zero-order chi connectivity index (χ0) is 20.4. The monoisotopic (exact) mass is 403 g/mol. The van der Waals surface area contributed by atoms with Crippen LogP contribution in [0.5, 0.6) is 5.75 Å². The van der Waals surface area contributed by atoms with Gasteiger partial charge in [-0.1, -0.05) is 78.4 Å². The summed E-state index contributed by atoms with van der Waals surface area (Å²) in [5, 5.41) is 12.4. The van der Waals surface area contributed by atoms with Gasteiger partial charge < -0.3 is 5.11 Å². The molecule has 0 aliphatic heterocycles. The molecule has 0 aliphatic carbocycles. The van der Waals surface area contributed by atoms with E-state index < -0.39 is 16.1 Å². The Balaban J connectivity index is 1.89. The Morgan fingerprint density at radius 1 is 0.793 bits per heavy atom. The van der Waals surface area contributed by atoms with Gasteiger partial charge in [0.25, 0.3) is 0 Å². The molecule has 0 aromatic heterocycles. The SMILES string of the molecule is Cc1ccc(S(=O)(=O)N[C@H](c2ccccc2)c2c(O)ccc3ccccc23)cc1. The van der Waals surface area contributed by atoms with Gasteiger partial charge in [-0.25, -0.2) is 8.42 Å². The van der Waals surface area contributed by atoms with E-state index in [9.17, 15) is 13.5 Å². The molecule has 4 nitrogen and oxygen atoms in total. The van der Waals surface area contributed by atoms with Gasteiger partial charge in [-0.3, -0.25) is 0 Å². The quantitative estimate of drug-likeness (QED) is 0.497. The van der Waals surface area contributed by atoms with E-state index in [2.05, 4.69) is 4.72 Å². The average Bonchev–Trinajstić information content (AvgIpc) is 2.73. The first-order valence-corrected chi connectivity index (χ1v) is 10.8. The standard InChI is InChI=1S/C24H21NO3S/c1-17-11-14-20(15-12-17)29(27,28)25-24(19-8-3-2-4-9-19)23-21-10-6-5-7-18(21)13-16-22(23)26/h2-16,24-26H,1H3/t24-/m1/s1. The number of fused-ring (bicyclic) bond motifs is 1. The first-order chi connectivity index (χ1) is 14.0. The lowest BCUT2D eigenvalue weighted by Gasteiger charge is -2.22. The number of hydrogen-bond donors (Lipinski definition) is 2. The van der Waals surface area contributed by atoms with Crippen LogP contribution >= 0.6 is 0 Å². The van der Waals surface area contributed by atoms with Gasteiger partial charge >= 0.3 is 0 Å². The van der Waals surface area contributed by atoms with Gasteiger partial charge in [0.1, 0.15) is 5.75 Å². The minimum absolute atomic E-state index is 0.0455. The predicted octanol–water partition coefficient (Wildman–Crippen LogP) is 4.92. The van der Waals surface area contributed by atoms with Crippen LogP contribution in [0.25, 0.3) is 10.8 Å². The lowest BCUT2D eigenvalue weighted by atomic mass is 9.93. The largest absolute Gasteiger partial charge is 0.508 e. The molecule has 0 saturated heterocycles. The van der Waals surface area contributed by atoms with Crippen molar-refractivity contribution in [2.24, 2.45) is 0 Å². The summed E-state index contributed by atoms with van der Waals surface area (Å²) < 4.78 is 29.1. The summed E-state index contributed by atoms with van der Waals surface area (Å²) in [6.07, 6.45) is 0. The molecule has 146 valence electrons. The molecule has 1 atom stereocenters. The first-order valence-electron chi connectivity index (χ1n) is 9.30. The van der Waals surface area contributed by atoms with Crippen molar-refractivity contribution in [1.29, 1.82) is 0 Å². The number of rotatable bonds is 5. The van der Waals surface area contributed by atoms with E-state index in [0.717, 1.165) is 21.9 Å². The lowest BCUT2D eigenvalue weighted by Crippen LogP contribution is -2.29. The van der Waals surface area contributed by atoms with Crippen LogP contribution in [0.3, 0.4) is 0 Å². The molecule has 0 spiro atoms. The number of phenolic OH excluding ortho intramolecular Hbond substituents is 1. The molecular weight excluding hydrogens is 382 g/mol. The minimum atomic E-state index is -3.82. The minimum Gasteiger partial charge on any atom is -0.508 e. The van der Waals surface area contributed by atoms with Crippen LogP contribution in [0.2, 0.25) is 0 Å². The van der Waals surface area contributed by atoms with E-state index in [1.807, 2.05) is 67.6 Å². The van der Waals surface area contributed by atoms with Crippen LogP contribution < -0.4 is 4.72 Å². The maximum atomic E-state index is 13.2. The number of aromatic hydroxyl groups is 1. The van der Waals surface area contributed by atoms with Crippen molar-refractivity contribution in [2.75, 3.05) is 0 Å². The highest BCUT2D eigenvalue weighted by Gasteiger charge is 2.26. The summed E-state index contributed by atoms with van der Waals surface area (Å²) in [6, 6.07) is 26.3. The van der Waals surface area contributed by atoms with Gasteiger partial charge in [0.05, 0.1) is 10.9 Å². The molecule has 0 fully saturated rings. The lowest BCUT2D eigenvalue weighted by molar-refractivity contribution is 0.464. The smallest absolute Gasteiger partial charge is 0.241 e. The topological polar surface area (TPSA) is 66.4 Å². The molecule has 4 aromatic carbocycles. The maximum Gasteiger partial charge on any atom is 0.241 e. The normalized spacial score (nSPS) is 12.7. The van der Waals surface area contributed by atoms with Gasteiger partial charge in [0, 0.05) is 5.56 Å². The van der Waals surface area contributed by atoms with E-state index in [-0.39, 0.29) is 10.6 Å². The Morgan fingerprint density at radius 2 is 1.45 bits per heavy atom. The molecule has 0 aliphatic rings. The van der Waals surface area contributed by atoms with Crippen molar-refractivity contribution in [1.82, 2.24) is 4.72 Å². The van der Waals surface area contributed by atoms with Crippen molar-refractivity contribution >= 4 is 20.8 Å². The number of phenols is 1. The number of hydrogen-bond acceptors (Lipinski definition) is 3. The molecule has 29 heavy (non-hydrogen) atoms. The fourth-order valence-corrected chi connectivity index (χ4v) is 4.66. The number of aryl methyl sites for hydroxylation is 1. The summed E-state index contributed by atoms with van der Waals surface area (Å²) in [5.74, 6) is 0.0455. The Kier molecular flexibility index (Phi) is 5.09. The van der Waals surface area contributed by atoms with Gasteiger partial charge in [0.15, 0.2) is 0 Å². The molecule has 4 rings (SSSR count). The Labute approximate surface area is 170 Å². The zero-order valence-electron chi connectivity index (χ0n) is 15.9. The van der Waals surface area contributed by atoms with Crippen LogP contribution in [0, 0.1) is 6.92 Å². The molecule has 0 saturated carbocycles. The summed E-state index contributed by atoms with van der Waals surface area (Å²) in [5.41, 5.74) is 2.26. The number of nitrogens with one attached hydrogen (secondary N) is 1. The summed E-state index contributed by atoms with van der Waals surface area (Å²) in [4.78, 5) is 0.184. The molecular formula is C24H21NO3S. The molecule has 0 bridgehead atoms.